The average Bonchev–Trinajstić information content (AvgIpc) is 3.37. The number of nitrogens with one attached hydrogen (secondary N) is 2. The Morgan fingerprint density at radius 2 is 1.53 bits per heavy atom. The smallest absolute Gasteiger partial charge is 0.257 e. The first kappa shape index (κ1) is 26.7. The molecule has 0 bridgehead atoms. The van der Waals surface area contributed by atoms with Crippen LogP contribution < -0.4 is 16.4 Å². The molecule has 3 aromatic rings. The molecule has 4 N–H and O–H groups in total. The van der Waals surface area contributed by atoms with Gasteiger partial charge in [-0.05, 0) is 48.0 Å². The first-order valence-electron chi connectivity index (χ1n) is 9.99. The molecule has 0 unspecified atom stereocenters. The zero-order valence-electron chi connectivity index (χ0n) is 17.6. The summed E-state index contributed by atoms with van der Waals surface area (Å²) in [4.78, 5) is 25.6. The summed E-state index contributed by atoms with van der Waals surface area (Å²) in [6, 6.07) is 8.37. The lowest BCUT2D eigenvalue weighted by Gasteiger charge is -2.12. The summed E-state index contributed by atoms with van der Waals surface area (Å²) in [6.45, 7) is 0. The normalized spacial score (nSPS) is 18.0. The third-order valence-corrected chi connectivity index (χ3v) is 7.26. The lowest BCUT2D eigenvalue weighted by atomic mass is 10.1. The van der Waals surface area contributed by atoms with Gasteiger partial charge < -0.3 is 16.4 Å². The number of anilines is 3. The van der Waals surface area contributed by atoms with Crippen LogP contribution in [0, 0.1) is 23.4 Å². The van der Waals surface area contributed by atoms with Crippen LogP contribution in [0.1, 0.15) is 21.8 Å². The number of rotatable bonds is 5. The maximum Gasteiger partial charge on any atom is 0.257 e. The Bertz CT molecular complexity index is 1400. The summed E-state index contributed by atoms with van der Waals surface area (Å²) >= 11 is 30.6. The van der Waals surface area contributed by atoms with Crippen molar-refractivity contribution in [3.05, 3.63) is 86.1 Å². The topological polar surface area (TPSA) is 84.2 Å². The quantitative estimate of drug-likeness (QED) is 0.211. The monoisotopic (exact) mass is 595 g/mol. The number of benzene rings is 3. The molecule has 1 fully saturated rings. The molecule has 1 saturated carbocycles. The number of carbonyl (C=O) groups is 2. The Balaban J connectivity index is 1.57. The highest BCUT2D eigenvalue weighted by Gasteiger charge is 2.67. The van der Waals surface area contributed by atoms with E-state index >= 15 is 0 Å². The van der Waals surface area contributed by atoms with Crippen molar-refractivity contribution in [2.75, 3.05) is 16.4 Å². The van der Waals surface area contributed by atoms with Gasteiger partial charge in [-0.2, -0.15) is 0 Å². The van der Waals surface area contributed by atoms with Gasteiger partial charge in [0.15, 0.2) is 5.82 Å². The van der Waals surface area contributed by atoms with E-state index in [1.807, 2.05) is 0 Å². The van der Waals surface area contributed by atoms with Gasteiger partial charge in [-0.15, -0.1) is 23.2 Å². The average molecular weight is 598 g/mol. The molecule has 0 saturated heterocycles. The van der Waals surface area contributed by atoms with E-state index in [2.05, 4.69) is 10.6 Å². The molecule has 5 nitrogen and oxygen atoms in total. The molecule has 0 heterocycles. The van der Waals surface area contributed by atoms with Gasteiger partial charge in [-0.25, -0.2) is 13.2 Å². The minimum atomic E-state index is -1.50. The second-order valence-corrected chi connectivity index (χ2v) is 10.6. The zero-order chi connectivity index (χ0) is 26.5. The number of alkyl halides is 2. The van der Waals surface area contributed by atoms with Crippen molar-refractivity contribution < 1.29 is 22.8 Å². The van der Waals surface area contributed by atoms with Crippen LogP contribution in [0.3, 0.4) is 0 Å². The van der Waals surface area contributed by atoms with E-state index in [4.69, 9.17) is 63.7 Å². The first-order chi connectivity index (χ1) is 16.8. The second kappa shape index (κ2) is 9.84. The van der Waals surface area contributed by atoms with Crippen LogP contribution in [0.15, 0.2) is 42.5 Å². The first-order valence-corrected chi connectivity index (χ1v) is 11.9. The fourth-order valence-corrected chi connectivity index (χ4v) is 5.29. The lowest BCUT2D eigenvalue weighted by Crippen LogP contribution is -2.19. The number of hydrogen-bond donors (Lipinski definition) is 3. The predicted molar refractivity (Wildman–Crippen MR) is 136 cm³/mol. The number of hydrogen-bond acceptors (Lipinski definition) is 3. The van der Waals surface area contributed by atoms with Crippen LogP contribution in [-0.4, -0.2) is 16.1 Å². The second-order valence-electron chi connectivity index (χ2n) is 7.92. The fraction of sp³-hybridized carbons (Fsp3) is 0.130. The van der Waals surface area contributed by atoms with E-state index in [1.165, 1.54) is 6.07 Å². The van der Waals surface area contributed by atoms with Crippen LogP contribution in [-0.2, 0) is 4.79 Å². The van der Waals surface area contributed by atoms with Gasteiger partial charge in [0.05, 0.1) is 22.2 Å². The molecule has 0 aliphatic heterocycles. The Kier molecular flexibility index (Phi) is 7.29. The van der Waals surface area contributed by atoms with Gasteiger partial charge in [-0.3, -0.25) is 9.59 Å². The van der Waals surface area contributed by atoms with Crippen LogP contribution in [0.4, 0.5) is 30.2 Å². The molecule has 0 aromatic heterocycles. The number of halogens is 8. The fourth-order valence-electron chi connectivity index (χ4n) is 3.72. The Morgan fingerprint density at radius 3 is 2.17 bits per heavy atom. The molecule has 0 radical (unpaired) electrons. The lowest BCUT2D eigenvalue weighted by molar-refractivity contribution is -0.117. The number of nitrogen functional groups attached to an aromatic ring is 1. The maximum absolute atomic E-state index is 14.5. The summed E-state index contributed by atoms with van der Waals surface area (Å²) < 4.78 is 40.6. The van der Waals surface area contributed by atoms with Gasteiger partial charge >= 0.3 is 0 Å². The van der Waals surface area contributed by atoms with Crippen LogP contribution in [0.2, 0.25) is 15.1 Å². The summed E-state index contributed by atoms with van der Waals surface area (Å²) in [6.07, 6.45) is 0. The zero-order valence-corrected chi connectivity index (χ0v) is 21.4. The largest absolute Gasteiger partial charge is 0.394 e. The summed E-state index contributed by atoms with van der Waals surface area (Å²) in [5, 5.41) is 4.64. The SMILES string of the molecule is Nc1c(F)ccc(NC(=O)c2cc(NC(=O)[C@H]3[C@H](c4cc(Cl)cc(Cl)c4)C3(Cl)Cl)cc(F)c2Cl)c1F. The van der Waals surface area contributed by atoms with E-state index in [-0.39, 0.29) is 5.69 Å². The van der Waals surface area contributed by atoms with E-state index < -0.39 is 67.4 Å². The van der Waals surface area contributed by atoms with Gasteiger partial charge in [0, 0.05) is 21.7 Å². The predicted octanol–water partition coefficient (Wildman–Crippen LogP) is 7.42. The van der Waals surface area contributed by atoms with E-state index in [0.717, 1.165) is 24.3 Å². The number of amides is 2. The van der Waals surface area contributed by atoms with E-state index in [0.29, 0.717) is 15.6 Å². The number of nitrogens with two attached hydrogens (primary N) is 1. The van der Waals surface area contributed by atoms with Crippen LogP contribution in [0.25, 0.3) is 0 Å². The third kappa shape index (κ3) is 5.06. The summed E-state index contributed by atoms with van der Waals surface area (Å²) in [7, 11) is 0. The Labute approximate surface area is 227 Å². The maximum atomic E-state index is 14.5. The van der Waals surface area contributed by atoms with Crippen molar-refractivity contribution >= 4 is 86.9 Å². The highest BCUT2D eigenvalue weighted by molar-refractivity contribution is 6.53. The molecular weight excluding hydrogens is 585 g/mol. The third-order valence-electron chi connectivity index (χ3n) is 5.50. The molecule has 2 atom stereocenters. The Morgan fingerprint density at radius 1 is 0.889 bits per heavy atom. The van der Waals surface area contributed by atoms with Gasteiger partial charge in [0.2, 0.25) is 5.91 Å². The van der Waals surface area contributed by atoms with Crippen molar-refractivity contribution in [2.45, 2.75) is 10.3 Å². The number of carbonyl (C=O) groups excluding carboxylic acids is 2. The van der Waals surface area contributed by atoms with Crippen molar-refractivity contribution in [1.29, 1.82) is 0 Å². The van der Waals surface area contributed by atoms with Crippen molar-refractivity contribution in [1.82, 2.24) is 0 Å². The molecule has 1 aliphatic carbocycles. The van der Waals surface area contributed by atoms with E-state index in [1.54, 1.807) is 12.1 Å². The minimum absolute atomic E-state index is 0.148. The Hall–Kier alpha value is -2.36. The van der Waals surface area contributed by atoms with Crippen molar-refractivity contribution in [2.24, 2.45) is 5.92 Å². The standard InChI is InChI=1S/C23H13Cl5F3N3O2/c24-9-3-8(4-10(25)5-9)16-17(23(16,27)28)22(36)33-11-6-12(18(26)14(30)7-11)21(35)34-15-2-1-13(29)20(32)19(15)31/h1-7,16-17H,32H2,(H,33,36)(H,34,35)/t16-,17+/m0/s1. The van der Waals surface area contributed by atoms with Gasteiger partial charge in [0.25, 0.3) is 5.91 Å². The molecule has 4 rings (SSSR count). The van der Waals surface area contributed by atoms with Gasteiger partial charge in [-0.1, -0.05) is 34.8 Å². The highest BCUT2D eigenvalue weighted by atomic mass is 35.5. The summed E-state index contributed by atoms with van der Waals surface area (Å²) in [5.41, 5.74) is 3.96. The summed E-state index contributed by atoms with van der Waals surface area (Å²) in [5.74, 6) is -6.62. The molecular formula is C23H13Cl5F3N3O2. The molecule has 13 heteroatoms. The molecule has 36 heavy (non-hydrogen) atoms. The molecule has 0 spiro atoms. The molecule has 3 aromatic carbocycles. The molecule has 188 valence electrons. The van der Waals surface area contributed by atoms with Crippen molar-refractivity contribution in [3.63, 3.8) is 0 Å². The van der Waals surface area contributed by atoms with Crippen LogP contribution >= 0.6 is 58.0 Å². The van der Waals surface area contributed by atoms with Gasteiger partial charge in [0.1, 0.15) is 21.7 Å². The highest BCUT2D eigenvalue weighted by Crippen LogP contribution is 2.65. The molecule has 1 aliphatic rings. The van der Waals surface area contributed by atoms with Crippen molar-refractivity contribution in [3.8, 4) is 0 Å². The van der Waals surface area contributed by atoms with E-state index in [9.17, 15) is 22.8 Å². The van der Waals surface area contributed by atoms with Crippen LogP contribution in [0.5, 0.6) is 0 Å². The minimum Gasteiger partial charge on any atom is -0.394 e. The molecule has 2 amide bonds.